The third-order valence-corrected chi connectivity index (χ3v) is 0. The molecular formula is C3H6Sc. The van der Waals surface area contributed by atoms with E-state index in [0.29, 0.717) is 0 Å². The standard InChI is InChI=1S/C3H6.Sc/c1-3-2;/h3H,1H2,2H3;. The molecule has 0 unspecified atom stereocenters. The van der Waals surface area contributed by atoms with Gasteiger partial charge in [0, 0.05) is 25.8 Å². The van der Waals surface area contributed by atoms with Crippen LogP contribution in [0.3, 0.4) is 0 Å². The molecular weight excluding hydrogens is 81.0 g/mol. The van der Waals surface area contributed by atoms with Gasteiger partial charge in [0.15, 0.2) is 0 Å². The largest absolute Gasteiger partial charge is 0.103 e. The van der Waals surface area contributed by atoms with Gasteiger partial charge in [-0.1, -0.05) is 6.08 Å². The van der Waals surface area contributed by atoms with Crippen molar-refractivity contribution in [1.29, 1.82) is 0 Å². The van der Waals surface area contributed by atoms with Crippen LogP contribution in [0.1, 0.15) is 6.92 Å². The zero-order valence-corrected chi connectivity index (χ0v) is 4.66. The molecule has 0 amide bonds. The second-order valence-corrected chi connectivity index (χ2v) is 0.408. The SMILES string of the molecule is C=CC.[Sc]. The van der Waals surface area contributed by atoms with Crippen LogP contribution in [-0.2, 0) is 25.8 Å². The van der Waals surface area contributed by atoms with Crippen molar-refractivity contribution >= 4 is 0 Å². The van der Waals surface area contributed by atoms with Crippen molar-refractivity contribution in [3.63, 3.8) is 0 Å². The van der Waals surface area contributed by atoms with Crippen molar-refractivity contribution in [3.05, 3.63) is 12.7 Å². The van der Waals surface area contributed by atoms with Crippen LogP contribution < -0.4 is 0 Å². The summed E-state index contributed by atoms with van der Waals surface area (Å²) >= 11 is 0. The second-order valence-electron chi connectivity index (χ2n) is 0.408. The zero-order valence-electron chi connectivity index (χ0n) is 2.86. The third kappa shape index (κ3) is 18.2. The van der Waals surface area contributed by atoms with E-state index in [2.05, 4.69) is 6.58 Å². The molecule has 21 valence electrons. The Morgan fingerprint density at radius 1 is 1.75 bits per heavy atom. The Bertz CT molecular complexity index is 10.8. The van der Waals surface area contributed by atoms with Gasteiger partial charge in [-0.15, -0.1) is 6.58 Å². The molecule has 1 radical (unpaired) electrons. The summed E-state index contributed by atoms with van der Waals surface area (Å²) in [6.07, 6.45) is 1.75. The van der Waals surface area contributed by atoms with Gasteiger partial charge in [0.1, 0.15) is 0 Å². The maximum atomic E-state index is 3.36. The quantitative estimate of drug-likeness (QED) is 0.389. The Hall–Kier alpha value is 0.610. The van der Waals surface area contributed by atoms with E-state index in [1.807, 2.05) is 6.92 Å². The van der Waals surface area contributed by atoms with Crippen LogP contribution in [0.15, 0.2) is 12.7 Å². The Kier molecular flexibility index (Phi) is 20.9. The van der Waals surface area contributed by atoms with E-state index >= 15 is 0 Å². The van der Waals surface area contributed by atoms with Gasteiger partial charge >= 0.3 is 0 Å². The summed E-state index contributed by atoms with van der Waals surface area (Å²) < 4.78 is 0. The molecule has 0 rings (SSSR count). The molecule has 0 nitrogen and oxygen atoms in total. The van der Waals surface area contributed by atoms with Gasteiger partial charge in [0.25, 0.3) is 0 Å². The molecule has 0 bridgehead atoms. The number of hydrogen-bond donors (Lipinski definition) is 0. The average molecular weight is 87.0 g/mol. The molecule has 0 spiro atoms. The summed E-state index contributed by atoms with van der Waals surface area (Å²) in [6, 6.07) is 0. The van der Waals surface area contributed by atoms with Crippen molar-refractivity contribution in [2.45, 2.75) is 6.92 Å². The van der Waals surface area contributed by atoms with Crippen LogP contribution in [0, 0.1) is 0 Å². The molecule has 0 aliphatic carbocycles. The van der Waals surface area contributed by atoms with E-state index in [4.69, 9.17) is 0 Å². The van der Waals surface area contributed by atoms with E-state index in [0.717, 1.165) is 0 Å². The molecule has 0 aliphatic rings. The van der Waals surface area contributed by atoms with E-state index in [9.17, 15) is 0 Å². The summed E-state index contributed by atoms with van der Waals surface area (Å²) in [5.41, 5.74) is 0. The van der Waals surface area contributed by atoms with Gasteiger partial charge in [-0.2, -0.15) is 0 Å². The molecule has 0 aromatic heterocycles. The monoisotopic (exact) mass is 87.0 g/mol. The van der Waals surface area contributed by atoms with Gasteiger partial charge < -0.3 is 0 Å². The number of hydrogen-bond acceptors (Lipinski definition) is 0. The van der Waals surface area contributed by atoms with Crippen LogP contribution in [0.5, 0.6) is 0 Å². The molecule has 0 aromatic rings. The first-order valence-electron chi connectivity index (χ1n) is 0.986. The second kappa shape index (κ2) is 9.49. The van der Waals surface area contributed by atoms with Crippen molar-refractivity contribution in [1.82, 2.24) is 0 Å². The molecule has 0 atom stereocenters. The Morgan fingerprint density at radius 3 is 1.75 bits per heavy atom. The summed E-state index contributed by atoms with van der Waals surface area (Å²) in [4.78, 5) is 0. The van der Waals surface area contributed by atoms with Crippen LogP contribution in [0.2, 0.25) is 0 Å². The van der Waals surface area contributed by atoms with Gasteiger partial charge in [0.05, 0.1) is 0 Å². The molecule has 0 heterocycles. The van der Waals surface area contributed by atoms with Crippen LogP contribution in [-0.4, -0.2) is 0 Å². The first kappa shape index (κ1) is 8.82. The molecule has 1 heteroatoms. The van der Waals surface area contributed by atoms with Crippen LogP contribution >= 0.6 is 0 Å². The minimum absolute atomic E-state index is 0. The van der Waals surface area contributed by atoms with E-state index < -0.39 is 0 Å². The third-order valence-electron chi connectivity index (χ3n) is 0. The summed E-state index contributed by atoms with van der Waals surface area (Å²) in [6.45, 7) is 5.25. The number of rotatable bonds is 0. The molecule has 0 aromatic carbocycles. The van der Waals surface area contributed by atoms with Gasteiger partial charge in [-0.3, -0.25) is 0 Å². The predicted molar refractivity (Wildman–Crippen MR) is 15.9 cm³/mol. The van der Waals surface area contributed by atoms with Crippen molar-refractivity contribution in [2.75, 3.05) is 0 Å². The minimum Gasteiger partial charge on any atom is -0.103 e. The normalized spacial score (nSPS) is 3.25. The zero-order chi connectivity index (χ0) is 2.71. The van der Waals surface area contributed by atoms with E-state index in [1.54, 1.807) is 6.08 Å². The Balaban J connectivity index is 0. The molecule has 0 saturated heterocycles. The summed E-state index contributed by atoms with van der Waals surface area (Å²) in [7, 11) is 0. The topological polar surface area (TPSA) is 0 Å². The molecule has 0 N–H and O–H groups in total. The molecule has 4 heavy (non-hydrogen) atoms. The van der Waals surface area contributed by atoms with Crippen molar-refractivity contribution in [2.24, 2.45) is 0 Å². The summed E-state index contributed by atoms with van der Waals surface area (Å²) in [5, 5.41) is 0. The fraction of sp³-hybridized carbons (Fsp3) is 0.333. The molecule has 0 aliphatic heterocycles. The Morgan fingerprint density at radius 2 is 1.75 bits per heavy atom. The maximum absolute atomic E-state index is 3.36. The van der Waals surface area contributed by atoms with Crippen molar-refractivity contribution < 1.29 is 25.8 Å². The smallest absolute Gasteiger partial charge is 0 e. The first-order chi connectivity index (χ1) is 1.41. The fourth-order valence-corrected chi connectivity index (χ4v) is 0. The van der Waals surface area contributed by atoms with Gasteiger partial charge in [-0.05, 0) is 6.92 Å². The van der Waals surface area contributed by atoms with Gasteiger partial charge in [-0.25, -0.2) is 0 Å². The van der Waals surface area contributed by atoms with Crippen molar-refractivity contribution in [3.8, 4) is 0 Å². The van der Waals surface area contributed by atoms with E-state index in [1.165, 1.54) is 0 Å². The van der Waals surface area contributed by atoms with E-state index in [-0.39, 0.29) is 25.8 Å². The predicted octanol–water partition coefficient (Wildman–Crippen LogP) is 1.19. The van der Waals surface area contributed by atoms with Gasteiger partial charge in [0.2, 0.25) is 0 Å². The van der Waals surface area contributed by atoms with Crippen LogP contribution in [0.4, 0.5) is 0 Å². The molecule has 0 saturated carbocycles. The maximum Gasteiger partial charge on any atom is 0 e. The molecule has 0 fully saturated rings. The Labute approximate surface area is 45.7 Å². The first-order valence-corrected chi connectivity index (χ1v) is 0.986. The minimum atomic E-state index is 0. The van der Waals surface area contributed by atoms with Crippen LogP contribution in [0.25, 0.3) is 0 Å². The fourth-order valence-electron chi connectivity index (χ4n) is 0. The summed E-state index contributed by atoms with van der Waals surface area (Å²) in [5.74, 6) is 0. The number of allylic oxidation sites excluding steroid dienone is 1. The average Bonchev–Trinajstić information content (AvgIpc) is 0.918.